The van der Waals surface area contributed by atoms with E-state index >= 15 is 0 Å². The fourth-order valence-electron chi connectivity index (χ4n) is 3.24. The average Bonchev–Trinajstić information content (AvgIpc) is 2.47. The van der Waals surface area contributed by atoms with Gasteiger partial charge < -0.3 is 5.11 Å². The molecule has 0 spiro atoms. The van der Waals surface area contributed by atoms with Gasteiger partial charge in [-0.1, -0.05) is 54.6 Å². The third-order valence-electron chi connectivity index (χ3n) is 4.34. The number of rotatable bonds is 2. The molecule has 2 nitrogen and oxygen atoms in total. The van der Waals surface area contributed by atoms with Gasteiger partial charge in [0.2, 0.25) is 0 Å². The zero-order valence-electron chi connectivity index (χ0n) is 11.5. The highest BCUT2D eigenvalue weighted by Gasteiger charge is 2.44. The largest absolute Gasteiger partial charge is 0.384 e. The summed E-state index contributed by atoms with van der Waals surface area (Å²) < 4.78 is 0. The molecule has 0 aromatic heterocycles. The van der Waals surface area contributed by atoms with Gasteiger partial charge in [-0.2, -0.15) is 0 Å². The fraction of sp³-hybridized carbons (Fsp3) is 0.278. The summed E-state index contributed by atoms with van der Waals surface area (Å²) in [5.41, 5.74) is 2.04. The molecule has 3 rings (SSSR count). The molecule has 1 aliphatic carbocycles. The van der Waals surface area contributed by atoms with E-state index in [1.165, 1.54) is 5.56 Å². The summed E-state index contributed by atoms with van der Waals surface area (Å²) in [6, 6.07) is 17.6. The van der Waals surface area contributed by atoms with E-state index in [0.29, 0.717) is 12.8 Å². The van der Waals surface area contributed by atoms with Crippen LogP contribution in [-0.2, 0) is 23.2 Å². The number of carbonyl (C=O) groups excluding carboxylic acids is 1. The Morgan fingerprint density at radius 1 is 1.05 bits per heavy atom. The van der Waals surface area contributed by atoms with Gasteiger partial charge in [-0.3, -0.25) is 4.79 Å². The monoisotopic (exact) mass is 266 g/mol. The van der Waals surface area contributed by atoms with E-state index in [1.54, 1.807) is 6.92 Å². The smallest absolute Gasteiger partial charge is 0.136 e. The lowest BCUT2D eigenvalue weighted by atomic mass is 9.68. The normalized spacial score (nSPS) is 25.0. The number of hydrogen-bond donors (Lipinski definition) is 1. The molecule has 0 radical (unpaired) electrons. The molecule has 0 saturated carbocycles. The first-order chi connectivity index (χ1) is 9.61. The van der Waals surface area contributed by atoms with Crippen molar-refractivity contribution < 1.29 is 9.90 Å². The van der Waals surface area contributed by atoms with Crippen molar-refractivity contribution in [1.82, 2.24) is 0 Å². The van der Waals surface area contributed by atoms with Crippen LogP contribution in [0, 0.1) is 5.92 Å². The van der Waals surface area contributed by atoms with Gasteiger partial charge in [0.25, 0.3) is 0 Å². The van der Waals surface area contributed by atoms with Crippen molar-refractivity contribution in [3.05, 3.63) is 71.3 Å². The summed E-state index contributed by atoms with van der Waals surface area (Å²) in [6.07, 6.45) is 1.11. The van der Waals surface area contributed by atoms with E-state index in [-0.39, 0.29) is 11.7 Å². The number of carbonyl (C=O) groups is 1. The van der Waals surface area contributed by atoms with Crippen molar-refractivity contribution in [3.63, 3.8) is 0 Å². The maximum Gasteiger partial charge on any atom is 0.136 e. The standard InChI is InChI=1S/C18H18O2/c1-13(19)17-11-14-7-5-6-8-15(14)12-18(17,20)16-9-3-2-4-10-16/h2-10,17,20H,11-12H2,1H3/t17-,18+/m0/s1. The molecule has 0 saturated heterocycles. The third kappa shape index (κ3) is 2.06. The van der Waals surface area contributed by atoms with Crippen LogP contribution in [0.25, 0.3) is 0 Å². The fourth-order valence-corrected chi connectivity index (χ4v) is 3.24. The number of fused-ring (bicyclic) bond motifs is 1. The molecular weight excluding hydrogens is 248 g/mol. The highest BCUT2D eigenvalue weighted by Crippen LogP contribution is 2.41. The van der Waals surface area contributed by atoms with Crippen molar-refractivity contribution >= 4 is 5.78 Å². The summed E-state index contributed by atoms with van der Waals surface area (Å²) in [4.78, 5) is 12.0. The molecule has 1 N–H and O–H groups in total. The van der Waals surface area contributed by atoms with Crippen LogP contribution in [0.1, 0.15) is 23.6 Å². The van der Waals surface area contributed by atoms with Gasteiger partial charge in [0.05, 0.1) is 5.92 Å². The van der Waals surface area contributed by atoms with Crippen LogP contribution >= 0.6 is 0 Å². The zero-order valence-corrected chi connectivity index (χ0v) is 11.5. The lowest BCUT2D eigenvalue weighted by molar-refractivity contribution is -0.132. The van der Waals surface area contributed by atoms with Gasteiger partial charge >= 0.3 is 0 Å². The third-order valence-corrected chi connectivity index (χ3v) is 4.34. The molecule has 0 unspecified atom stereocenters. The van der Waals surface area contributed by atoms with E-state index in [9.17, 15) is 9.90 Å². The van der Waals surface area contributed by atoms with E-state index in [0.717, 1.165) is 11.1 Å². The Hall–Kier alpha value is -1.93. The molecule has 2 atom stereocenters. The van der Waals surface area contributed by atoms with Crippen LogP contribution in [0.3, 0.4) is 0 Å². The lowest BCUT2D eigenvalue weighted by Gasteiger charge is -2.40. The van der Waals surface area contributed by atoms with Crippen LogP contribution in [0.5, 0.6) is 0 Å². The molecule has 0 aliphatic heterocycles. The van der Waals surface area contributed by atoms with Crippen molar-refractivity contribution in [2.24, 2.45) is 5.92 Å². The van der Waals surface area contributed by atoms with E-state index in [2.05, 4.69) is 6.07 Å². The van der Waals surface area contributed by atoms with Crippen molar-refractivity contribution in [2.45, 2.75) is 25.4 Å². The Morgan fingerprint density at radius 2 is 1.65 bits per heavy atom. The number of ketones is 1. The second-order valence-electron chi connectivity index (χ2n) is 5.60. The first-order valence-electron chi connectivity index (χ1n) is 6.96. The summed E-state index contributed by atoms with van der Waals surface area (Å²) in [6.45, 7) is 1.58. The molecule has 0 heterocycles. The highest BCUT2D eigenvalue weighted by molar-refractivity contribution is 5.80. The van der Waals surface area contributed by atoms with Gasteiger partial charge in [-0.15, -0.1) is 0 Å². The predicted octanol–water partition coefficient (Wildman–Crippen LogP) is 2.88. The average molecular weight is 266 g/mol. The molecule has 2 heteroatoms. The second-order valence-corrected chi connectivity index (χ2v) is 5.60. The van der Waals surface area contributed by atoms with E-state index in [1.807, 2.05) is 48.5 Å². The molecule has 0 amide bonds. The maximum atomic E-state index is 12.0. The number of hydrogen-bond acceptors (Lipinski definition) is 2. The van der Waals surface area contributed by atoms with Gasteiger partial charge in [-0.05, 0) is 30.0 Å². The van der Waals surface area contributed by atoms with Crippen LogP contribution < -0.4 is 0 Å². The van der Waals surface area contributed by atoms with Crippen molar-refractivity contribution in [1.29, 1.82) is 0 Å². The van der Waals surface area contributed by atoms with Crippen LogP contribution in [0.2, 0.25) is 0 Å². The molecule has 102 valence electrons. The highest BCUT2D eigenvalue weighted by atomic mass is 16.3. The van der Waals surface area contributed by atoms with Crippen LogP contribution in [-0.4, -0.2) is 10.9 Å². The quantitative estimate of drug-likeness (QED) is 0.907. The number of Topliss-reactive ketones (excluding diaryl/α,β-unsaturated/α-hetero) is 1. The summed E-state index contributed by atoms with van der Waals surface area (Å²) in [5, 5.41) is 11.2. The lowest BCUT2D eigenvalue weighted by Crippen LogP contribution is -2.45. The van der Waals surface area contributed by atoms with Crippen LogP contribution in [0.4, 0.5) is 0 Å². The Kier molecular flexibility index (Phi) is 3.19. The molecule has 2 aromatic rings. The van der Waals surface area contributed by atoms with Gasteiger partial charge in [0.1, 0.15) is 11.4 Å². The SMILES string of the molecule is CC(=O)[C@@H]1Cc2ccccc2C[C@@]1(O)c1ccccc1. The van der Waals surface area contributed by atoms with E-state index in [4.69, 9.17) is 0 Å². The molecular formula is C18H18O2. The van der Waals surface area contributed by atoms with Crippen molar-refractivity contribution in [3.8, 4) is 0 Å². The predicted molar refractivity (Wildman–Crippen MR) is 78.4 cm³/mol. The van der Waals surface area contributed by atoms with E-state index < -0.39 is 5.60 Å². The summed E-state index contributed by atoms with van der Waals surface area (Å²) in [5.74, 6) is -0.328. The molecule has 0 fully saturated rings. The Morgan fingerprint density at radius 3 is 2.30 bits per heavy atom. The minimum Gasteiger partial charge on any atom is -0.384 e. The Labute approximate surface area is 119 Å². The van der Waals surface area contributed by atoms with Crippen LogP contribution in [0.15, 0.2) is 54.6 Å². The first kappa shape index (κ1) is 13.1. The second kappa shape index (κ2) is 4.88. The van der Waals surface area contributed by atoms with Crippen molar-refractivity contribution in [2.75, 3.05) is 0 Å². The summed E-state index contributed by atoms with van der Waals surface area (Å²) in [7, 11) is 0. The molecule has 0 bridgehead atoms. The van der Waals surface area contributed by atoms with Gasteiger partial charge in [0.15, 0.2) is 0 Å². The minimum absolute atomic E-state index is 0.0471. The number of benzene rings is 2. The van der Waals surface area contributed by atoms with Gasteiger partial charge in [-0.25, -0.2) is 0 Å². The molecule has 1 aliphatic rings. The molecule has 20 heavy (non-hydrogen) atoms. The Bertz CT molecular complexity index is 633. The Balaban J connectivity index is 2.11. The first-order valence-corrected chi connectivity index (χ1v) is 6.96. The van der Waals surface area contributed by atoms with Gasteiger partial charge in [0, 0.05) is 6.42 Å². The maximum absolute atomic E-state index is 12.0. The topological polar surface area (TPSA) is 37.3 Å². The summed E-state index contributed by atoms with van der Waals surface area (Å²) >= 11 is 0. The molecule has 2 aromatic carbocycles. The number of aliphatic hydroxyl groups is 1. The zero-order chi connectivity index (χ0) is 14.2. The minimum atomic E-state index is -1.10.